The molecule has 0 aliphatic heterocycles. The maximum atomic E-state index is 3.70. The van der Waals surface area contributed by atoms with Crippen molar-refractivity contribution in [1.29, 1.82) is 0 Å². The van der Waals surface area contributed by atoms with E-state index >= 15 is 0 Å². The van der Waals surface area contributed by atoms with Gasteiger partial charge in [0.15, 0.2) is 0 Å². The summed E-state index contributed by atoms with van der Waals surface area (Å²) in [6.07, 6.45) is 1.84. The van der Waals surface area contributed by atoms with E-state index in [-0.39, 0.29) is 0 Å². The monoisotopic (exact) mass is 193 g/mol. The van der Waals surface area contributed by atoms with Crippen molar-refractivity contribution in [3.05, 3.63) is 36.4 Å². The summed E-state index contributed by atoms with van der Waals surface area (Å²) in [4.78, 5) is 0. The molecule has 0 aliphatic carbocycles. The van der Waals surface area contributed by atoms with Gasteiger partial charge in [0, 0.05) is 12.7 Å². The molecule has 1 aromatic carbocycles. The van der Waals surface area contributed by atoms with Crippen LogP contribution < -0.4 is 5.32 Å². The van der Waals surface area contributed by atoms with Crippen LogP contribution in [-0.2, 0) is 0 Å². The van der Waals surface area contributed by atoms with E-state index in [1.165, 1.54) is 0 Å². The number of nitrogens with one attached hydrogen (secondary N) is 1. The molecule has 0 radical (unpaired) electrons. The number of anilines is 1. The molecular weight excluding hydrogens is 170 g/mol. The Hall–Kier alpha value is -1.24. The number of para-hydroxylation sites is 1. The summed E-state index contributed by atoms with van der Waals surface area (Å²) in [5, 5.41) is 3.08. The van der Waals surface area contributed by atoms with Crippen LogP contribution in [0.4, 0.5) is 5.69 Å². The van der Waals surface area contributed by atoms with Crippen molar-refractivity contribution >= 4 is 11.8 Å². The van der Waals surface area contributed by atoms with Gasteiger partial charge in [0.1, 0.15) is 0 Å². The zero-order chi connectivity index (χ0) is 11.4. The predicted octanol–water partition coefficient (Wildman–Crippen LogP) is 4.42. The van der Waals surface area contributed by atoms with Crippen LogP contribution >= 0.6 is 0 Å². The van der Waals surface area contributed by atoms with Gasteiger partial charge < -0.3 is 5.32 Å². The Morgan fingerprint density at radius 3 is 1.93 bits per heavy atom. The van der Waals surface area contributed by atoms with Crippen molar-refractivity contribution in [2.45, 2.75) is 27.7 Å². The molecule has 0 heterocycles. The van der Waals surface area contributed by atoms with Crippen LogP contribution in [0.1, 0.15) is 33.3 Å². The molecule has 0 amide bonds. The fourth-order valence-electron chi connectivity index (χ4n) is 0.903. The summed E-state index contributed by atoms with van der Waals surface area (Å²) in [6, 6.07) is 8.05. The van der Waals surface area contributed by atoms with Gasteiger partial charge in [-0.05, 0) is 11.6 Å². The molecule has 1 aromatic rings. The molecule has 1 heteroatoms. The first-order chi connectivity index (χ1) is 6.88. The summed E-state index contributed by atoms with van der Waals surface area (Å²) >= 11 is 0. The van der Waals surface area contributed by atoms with Gasteiger partial charge in [0.25, 0.3) is 0 Å². The summed E-state index contributed by atoms with van der Waals surface area (Å²) in [5.41, 5.74) is 2.27. The van der Waals surface area contributed by atoms with E-state index < -0.39 is 0 Å². The molecule has 1 nitrogen and oxygen atoms in total. The Bertz CT molecular complexity index is 228. The molecule has 1 rings (SSSR count). The molecular formula is C13H23N. The van der Waals surface area contributed by atoms with Gasteiger partial charge in [-0.1, -0.05) is 58.5 Å². The second-order valence-electron chi connectivity index (χ2n) is 2.04. The molecule has 0 spiro atoms. The van der Waals surface area contributed by atoms with Crippen molar-refractivity contribution in [3.63, 3.8) is 0 Å². The molecule has 0 saturated heterocycles. The molecule has 1 N–H and O–H groups in total. The average molecular weight is 193 g/mol. The van der Waals surface area contributed by atoms with Crippen molar-refractivity contribution in [3.8, 4) is 0 Å². The van der Waals surface area contributed by atoms with Crippen molar-refractivity contribution in [1.82, 2.24) is 0 Å². The van der Waals surface area contributed by atoms with Crippen LogP contribution in [0.15, 0.2) is 30.8 Å². The number of rotatable bonds is 2. The van der Waals surface area contributed by atoms with Crippen LogP contribution in [0.3, 0.4) is 0 Å². The molecule has 0 aromatic heterocycles. The third kappa shape index (κ3) is 5.41. The molecule has 0 atom stereocenters. The van der Waals surface area contributed by atoms with Crippen LogP contribution in [0, 0.1) is 0 Å². The number of benzene rings is 1. The van der Waals surface area contributed by atoms with E-state index in [4.69, 9.17) is 0 Å². The minimum Gasteiger partial charge on any atom is -0.388 e. The van der Waals surface area contributed by atoms with E-state index in [9.17, 15) is 0 Å². The van der Waals surface area contributed by atoms with E-state index in [1.807, 2.05) is 65.1 Å². The zero-order valence-corrected chi connectivity index (χ0v) is 10.1. The van der Waals surface area contributed by atoms with Crippen molar-refractivity contribution < 1.29 is 0 Å². The summed E-state index contributed by atoms with van der Waals surface area (Å²) in [5.74, 6) is 0. The molecule has 0 unspecified atom stereocenters. The molecule has 0 aliphatic rings. The topological polar surface area (TPSA) is 12.0 Å². The van der Waals surface area contributed by atoms with E-state index in [2.05, 4.69) is 11.9 Å². The van der Waals surface area contributed by atoms with Gasteiger partial charge in [0.2, 0.25) is 0 Å². The first-order valence-corrected chi connectivity index (χ1v) is 5.27. The Labute approximate surface area is 88.9 Å². The van der Waals surface area contributed by atoms with Crippen LogP contribution in [0.5, 0.6) is 0 Å². The first-order valence-electron chi connectivity index (χ1n) is 5.27. The Balaban J connectivity index is 0. The van der Waals surface area contributed by atoms with Crippen molar-refractivity contribution in [2.75, 3.05) is 12.4 Å². The highest BCUT2D eigenvalue weighted by molar-refractivity contribution is 5.64. The minimum absolute atomic E-state index is 1.12. The van der Waals surface area contributed by atoms with Gasteiger partial charge in [-0.15, -0.1) is 0 Å². The van der Waals surface area contributed by atoms with E-state index in [1.54, 1.807) is 0 Å². The third-order valence-electron chi connectivity index (χ3n) is 1.45. The second-order valence-corrected chi connectivity index (χ2v) is 2.04. The molecule has 0 bridgehead atoms. The summed E-state index contributed by atoms with van der Waals surface area (Å²) in [6.45, 7) is 11.7. The summed E-state index contributed by atoms with van der Waals surface area (Å²) in [7, 11) is 1.91. The third-order valence-corrected chi connectivity index (χ3v) is 1.45. The lowest BCUT2D eigenvalue weighted by atomic mass is 10.2. The standard InChI is InChI=1S/C9H11N.2C2H6/c1-3-8-6-4-5-7-9(8)10-2;2*1-2/h3-7,10H,1H2,2H3;2*1-2H3. The molecule has 14 heavy (non-hydrogen) atoms. The van der Waals surface area contributed by atoms with Gasteiger partial charge in [-0.2, -0.15) is 0 Å². The Morgan fingerprint density at radius 2 is 1.57 bits per heavy atom. The largest absolute Gasteiger partial charge is 0.388 e. The highest BCUT2D eigenvalue weighted by Gasteiger charge is 1.91. The van der Waals surface area contributed by atoms with Gasteiger partial charge in [0.05, 0.1) is 0 Å². The SMILES string of the molecule is C=Cc1ccccc1NC.CC.CC. The average Bonchev–Trinajstić information content (AvgIpc) is 2.34. The number of hydrogen-bond donors (Lipinski definition) is 1. The lowest BCUT2D eigenvalue weighted by molar-refractivity contribution is 1.50. The van der Waals surface area contributed by atoms with Crippen LogP contribution in [0.25, 0.3) is 6.08 Å². The Morgan fingerprint density at radius 1 is 1.07 bits per heavy atom. The van der Waals surface area contributed by atoms with Crippen LogP contribution in [-0.4, -0.2) is 7.05 Å². The van der Waals surface area contributed by atoms with E-state index in [0.717, 1.165) is 11.3 Å². The first kappa shape index (κ1) is 15.2. The molecule has 80 valence electrons. The maximum Gasteiger partial charge on any atom is 0.0410 e. The lowest BCUT2D eigenvalue weighted by Gasteiger charge is -2.02. The van der Waals surface area contributed by atoms with Gasteiger partial charge >= 0.3 is 0 Å². The fourth-order valence-corrected chi connectivity index (χ4v) is 0.903. The van der Waals surface area contributed by atoms with Gasteiger partial charge in [-0.3, -0.25) is 0 Å². The van der Waals surface area contributed by atoms with Crippen LogP contribution in [0.2, 0.25) is 0 Å². The van der Waals surface area contributed by atoms with Gasteiger partial charge in [-0.25, -0.2) is 0 Å². The normalized spacial score (nSPS) is 7.21. The van der Waals surface area contributed by atoms with E-state index in [0.29, 0.717) is 0 Å². The quantitative estimate of drug-likeness (QED) is 0.733. The molecule has 0 saturated carbocycles. The lowest BCUT2D eigenvalue weighted by Crippen LogP contribution is -1.89. The zero-order valence-electron chi connectivity index (χ0n) is 10.1. The maximum absolute atomic E-state index is 3.70. The van der Waals surface area contributed by atoms with Crippen molar-refractivity contribution in [2.24, 2.45) is 0 Å². The highest BCUT2D eigenvalue weighted by Crippen LogP contribution is 2.14. The molecule has 0 fully saturated rings. The smallest absolute Gasteiger partial charge is 0.0410 e. The fraction of sp³-hybridized carbons (Fsp3) is 0.385. The minimum atomic E-state index is 1.12. The number of hydrogen-bond acceptors (Lipinski definition) is 1. The summed E-state index contributed by atoms with van der Waals surface area (Å²) < 4.78 is 0. The highest BCUT2D eigenvalue weighted by atomic mass is 14.8. The predicted molar refractivity (Wildman–Crippen MR) is 68.8 cm³/mol. The second kappa shape index (κ2) is 11.8. The Kier molecular flexibility index (Phi) is 12.8.